The summed E-state index contributed by atoms with van der Waals surface area (Å²) >= 11 is 0. The molecule has 0 spiro atoms. The molecule has 5 N–H and O–H groups in total. The van der Waals surface area contributed by atoms with Gasteiger partial charge in [0.15, 0.2) is 0 Å². The Morgan fingerprint density at radius 1 is 0.773 bits per heavy atom. The number of carboxylic acid groups (broad SMARTS) is 1. The Morgan fingerprint density at radius 2 is 1.14 bits per heavy atom. The highest BCUT2D eigenvalue weighted by atomic mass is 16.4. The van der Waals surface area contributed by atoms with Crippen LogP contribution in [-0.2, 0) is 4.79 Å². The molecule has 0 aromatic carbocycles. The van der Waals surface area contributed by atoms with Crippen molar-refractivity contribution in [1.29, 1.82) is 0 Å². The predicted molar refractivity (Wildman–Crippen MR) is 93.6 cm³/mol. The van der Waals surface area contributed by atoms with Gasteiger partial charge in [-0.15, -0.1) is 0 Å². The summed E-state index contributed by atoms with van der Waals surface area (Å²) in [6.07, 6.45) is 16.8. The van der Waals surface area contributed by atoms with Crippen LogP contribution in [0.1, 0.15) is 103 Å². The minimum atomic E-state index is -0.905. The smallest absolute Gasteiger partial charge is 0.305 e. The molecule has 4 nitrogen and oxygen atoms in total. The molecule has 0 amide bonds. The predicted octanol–water partition coefficient (Wildman–Crippen LogP) is 5.47. The zero-order chi connectivity index (χ0) is 15.8. The van der Waals surface area contributed by atoms with E-state index in [1.54, 1.807) is 0 Å². The van der Waals surface area contributed by atoms with Crippen molar-refractivity contribution < 1.29 is 15.0 Å². The maximum Gasteiger partial charge on any atom is 0.305 e. The van der Waals surface area contributed by atoms with E-state index in [1.165, 1.54) is 70.6 Å². The van der Waals surface area contributed by atoms with Gasteiger partial charge in [-0.2, -0.15) is 0 Å². The van der Waals surface area contributed by atoms with Gasteiger partial charge in [0, 0.05) is 0 Å². The number of aliphatic hydroxyl groups excluding tert-OH is 1. The van der Waals surface area contributed by atoms with Gasteiger partial charge in [0.25, 0.3) is 0 Å². The first-order valence-electron chi connectivity index (χ1n) is 9.06. The summed E-state index contributed by atoms with van der Waals surface area (Å²) in [7, 11) is 0. The molecule has 0 rings (SSSR count). The van der Waals surface area contributed by atoms with Crippen molar-refractivity contribution in [1.82, 2.24) is 6.15 Å². The standard InChI is InChI=1S/C18H36O3.H3N/c1-2-3-4-5-6-7-8-9-10-11-12-13-14-15-17(19)16-18(20)21;/h17,19H,2-16H2,1H3,(H,20,21);1H3. The molecule has 0 heterocycles. The largest absolute Gasteiger partial charge is 0.481 e. The molecular formula is C18H39NO3. The summed E-state index contributed by atoms with van der Waals surface area (Å²) in [6.45, 7) is 2.26. The number of rotatable bonds is 16. The van der Waals surface area contributed by atoms with Crippen LogP contribution in [-0.4, -0.2) is 22.3 Å². The lowest BCUT2D eigenvalue weighted by molar-refractivity contribution is -0.139. The van der Waals surface area contributed by atoms with Crippen LogP contribution in [0.25, 0.3) is 0 Å². The van der Waals surface area contributed by atoms with Crippen LogP contribution in [0.15, 0.2) is 0 Å². The normalized spacial score (nSPS) is 11.9. The molecule has 0 aromatic heterocycles. The molecule has 0 bridgehead atoms. The highest BCUT2D eigenvalue weighted by molar-refractivity contribution is 5.67. The maximum absolute atomic E-state index is 10.4. The number of carboxylic acids is 1. The zero-order valence-corrected chi connectivity index (χ0v) is 14.7. The number of hydrogen-bond donors (Lipinski definition) is 3. The Morgan fingerprint density at radius 3 is 1.50 bits per heavy atom. The second-order valence-electron chi connectivity index (χ2n) is 6.28. The summed E-state index contributed by atoms with van der Waals surface area (Å²) < 4.78 is 0. The average Bonchev–Trinajstić information content (AvgIpc) is 2.43. The molecule has 1 unspecified atom stereocenters. The molecule has 0 aliphatic heterocycles. The summed E-state index contributed by atoms with van der Waals surface area (Å²) in [4.78, 5) is 10.4. The van der Waals surface area contributed by atoms with Gasteiger partial charge in [-0.25, -0.2) is 0 Å². The van der Waals surface area contributed by atoms with Gasteiger partial charge in [-0.1, -0.05) is 90.4 Å². The van der Waals surface area contributed by atoms with Crippen LogP contribution in [0, 0.1) is 0 Å². The van der Waals surface area contributed by atoms with Crippen molar-refractivity contribution in [3.8, 4) is 0 Å². The Hall–Kier alpha value is -0.610. The van der Waals surface area contributed by atoms with E-state index in [2.05, 4.69) is 6.92 Å². The topological polar surface area (TPSA) is 92.5 Å². The first-order chi connectivity index (χ1) is 10.2. The highest BCUT2D eigenvalue weighted by Crippen LogP contribution is 2.13. The quantitative estimate of drug-likeness (QED) is 0.329. The number of carbonyl (C=O) groups is 1. The summed E-state index contributed by atoms with van der Waals surface area (Å²) in [5.74, 6) is -0.905. The van der Waals surface area contributed by atoms with E-state index in [-0.39, 0.29) is 12.6 Å². The molecule has 22 heavy (non-hydrogen) atoms. The highest BCUT2D eigenvalue weighted by Gasteiger charge is 2.08. The van der Waals surface area contributed by atoms with Crippen LogP contribution in [0.4, 0.5) is 0 Å². The second kappa shape index (κ2) is 18.4. The Bertz CT molecular complexity index is 234. The van der Waals surface area contributed by atoms with Crippen LogP contribution < -0.4 is 6.15 Å². The lowest BCUT2D eigenvalue weighted by atomic mass is 10.0. The zero-order valence-electron chi connectivity index (χ0n) is 14.7. The van der Waals surface area contributed by atoms with Gasteiger partial charge >= 0.3 is 5.97 Å². The number of aliphatic carboxylic acids is 1. The van der Waals surface area contributed by atoms with Crippen molar-refractivity contribution in [2.45, 2.75) is 109 Å². The number of aliphatic hydroxyl groups is 1. The van der Waals surface area contributed by atoms with Crippen LogP contribution in [0.3, 0.4) is 0 Å². The minimum absolute atomic E-state index is 0. The first-order valence-corrected chi connectivity index (χ1v) is 9.06. The molecule has 0 aliphatic rings. The third-order valence-corrected chi connectivity index (χ3v) is 4.05. The van der Waals surface area contributed by atoms with E-state index in [9.17, 15) is 9.90 Å². The lowest BCUT2D eigenvalue weighted by Crippen LogP contribution is -2.12. The van der Waals surface area contributed by atoms with Crippen LogP contribution in [0.5, 0.6) is 0 Å². The van der Waals surface area contributed by atoms with Crippen LogP contribution >= 0.6 is 0 Å². The lowest BCUT2D eigenvalue weighted by Gasteiger charge is -2.07. The molecule has 0 aromatic rings. The molecule has 0 radical (unpaired) electrons. The van der Waals surface area contributed by atoms with Gasteiger partial charge in [0.2, 0.25) is 0 Å². The third-order valence-electron chi connectivity index (χ3n) is 4.05. The second-order valence-corrected chi connectivity index (χ2v) is 6.28. The van der Waals surface area contributed by atoms with Crippen molar-refractivity contribution in [3.05, 3.63) is 0 Å². The van der Waals surface area contributed by atoms with Crippen molar-refractivity contribution in [2.75, 3.05) is 0 Å². The SMILES string of the molecule is CCCCCCCCCCCCCCCC(O)CC(=O)O.N. The molecule has 0 aliphatic carbocycles. The molecule has 0 saturated carbocycles. The Labute approximate surface area is 137 Å². The number of unbranched alkanes of at least 4 members (excludes halogenated alkanes) is 12. The van der Waals surface area contributed by atoms with Crippen molar-refractivity contribution in [2.24, 2.45) is 0 Å². The fraction of sp³-hybridized carbons (Fsp3) is 0.944. The fourth-order valence-corrected chi connectivity index (χ4v) is 2.70. The molecule has 4 heteroatoms. The average molecular weight is 318 g/mol. The van der Waals surface area contributed by atoms with Gasteiger partial charge in [0.05, 0.1) is 12.5 Å². The maximum atomic E-state index is 10.4. The van der Waals surface area contributed by atoms with Gasteiger partial charge < -0.3 is 16.4 Å². The Balaban J connectivity index is 0. The van der Waals surface area contributed by atoms with E-state index in [4.69, 9.17) is 5.11 Å². The van der Waals surface area contributed by atoms with E-state index >= 15 is 0 Å². The third kappa shape index (κ3) is 19.4. The number of hydrogen-bond acceptors (Lipinski definition) is 3. The summed E-state index contributed by atoms with van der Waals surface area (Å²) in [5.41, 5.74) is 0. The fourth-order valence-electron chi connectivity index (χ4n) is 2.70. The summed E-state index contributed by atoms with van der Waals surface area (Å²) in [6, 6.07) is 0. The molecule has 134 valence electrons. The molecule has 0 saturated heterocycles. The van der Waals surface area contributed by atoms with E-state index in [0.717, 1.165) is 12.8 Å². The van der Waals surface area contributed by atoms with Crippen molar-refractivity contribution in [3.63, 3.8) is 0 Å². The first kappa shape index (κ1) is 23.7. The van der Waals surface area contributed by atoms with E-state index in [0.29, 0.717) is 6.42 Å². The van der Waals surface area contributed by atoms with Gasteiger partial charge in [-0.3, -0.25) is 4.79 Å². The van der Waals surface area contributed by atoms with Gasteiger partial charge in [-0.05, 0) is 6.42 Å². The van der Waals surface area contributed by atoms with Crippen LogP contribution in [0.2, 0.25) is 0 Å². The molecular weight excluding hydrogens is 278 g/mol. The summed E-state index contributed by atoms with van der Waals surface area (Å²) in [5, 5.41) is 17.9. The van der Waals surface area contributed by atoms with E-state index < -0.39 is 12.1 Å². The van der Waals surface area contributed by atoms with E-state index in [1.807, 2.05) is 0 Å². The molecule has 1 atom stereocenters. The minimum Gasteiger partial charge on any atom is -0.481 e. The monoisotopic (exact) mass is 317 g/mol. The van der Waals surface area contributed by atoms with Gasteiger partial charge in [0.1, 0.15) is 0 Å². The molecule has 0 fully saturated rings. The Kier molecular flexibility index (Phi) is 19.8. The van der Waals surface area contributed by atoms with Crippen molar-refractivity contribution >= 4 is 5.97 Å².